The maximum absolute atomic E-state index is 14.9. The molecule has 1 saturated heterocycles. The number of benzene rings is 2. The van der Waals surface area contributed by atoms with Gasteiger partial charge in [0.1, 0.15) is 72.2 Å². The average molecular weight is 1590 g/mol. The Balaban J connectivity index is 2.03. The first-order chi connectivity index (χ1) is 52.0. The van der Waals surface area contributed by atoms with E-state index in [0.717, 1.165) is 24.0 Å². The summed E-state index contributed by atoms with van der Waals surface area (Å²) in [6.45, 7) is 6.51. The lowest BCUT2D eigenvalue weighted by atomic mass is 9.96. The monoisotopic (exact) mass is 1590 g/mol. The number of carbonyl (C=O) groups is 19. The van der Waals surface area contributed by atoms with Gasteiger partial charge in [0.25, 0.3) is 0 Å². The summed E-state index contributed by atoms with van der Waals surface area (Å²) in [5.74, 6) is -25.4. The van der Waals surface area contributed by atoms with E-state index in [9.17, 15) is 135 Å². The lowest BCUT2D eigenvalue weighted by molar-refractivity contribution is -0.144. The molecule has 1 aliphatic heterocycles. The van der Waals surface area contributed by atoms with Gasteiger partial charge in [-0.2, -0.15) is 8.42 Å². The van der Waals surface area contributed by atoms with Gasteiger partial charge in [-0.15, -0.1) is 0 Å². The molecule has 2 aromatic carbocycles. The van der Waals surface area contributed by atoms with Gasteiger partial charge in [0, 0.05) is 58.4 Å². The molecule has 0 spiro atoms. The Hall–Kier alpha value is -11.9. The van der Waals surface area contributed by atoms with Crippen LogP contribution in [-0.4, -0.2) is 241 Å². The fraction of sp³-hybridized carbons (Fsp3) is 0.544. The van der Waals surface area contributed by atoms with E-state index in [1.165, 1.54) is 31.2 Å². The third-order valence-electron chi connectivity index (χ3n) is 17.0. The first-order valence-electron chi connectivity index (χ1n) is 34.9. The molecule has 3 rings (SSSR count). The van der Waals surface area contributed by atoms with Gasteiger partial charge < -0.3 is 104 Å². The molecule has 20 N–H and O–H groups in total. The predicted molar refractivity (Wildman–Crippen MR) is 380 cm³/mol. The predicted octanol–water partition coefficient (Wildman–Crippen LogP) is -4.00. The van der Waals surface area contributed by atoms with Crippen LogP contribution in [0.25, 0.3) is 0 Å². The van der Waals surface area contributed by atoms with Crippen molar-refractivity contribution < 1.29 is 139 Å². The van der Waals surface area contributed by atoms with Crippen LogP contribution in [0.3, 0.4) is 0 Å². The molecule has 0 radical (unpaired) electrons. The summed E-state index contributed by atoms with van der Waals surface area (Å²) in [5.41, 5.74) is 5.66. The van der Waals surface area contributed by atoms with Gasteiger partial charge in [-0.05, 0) is 86.5 Å². The number of likely N-dealkylation sites (tertiary alicyclic amines) is 1. The minimum atomic E-state index is -5.04. The maximum atomic E-state index is 14.9. The van der Waals surface area contributed by atoms with E-state index < -0.39 is 291 Å². The van der Waals surface area contributed by atoms with Crippen molar-refractivity contribution in [2.24, 2.45) is 17.6 Å². The number of carbonyl (C=O) groups excluding carboxylic acids is 13. The van der Waals surface area contributed by atoms with Gasteiger partial charge in [0.2, 0.25) is 76.8 Å². The zero-order valence-corrected chi connectivity index (χ0v) is 62.0. The van der Waals surface area contributed by atoms with Crippen molar-refractivity contribution in [2.45, 2.75) is 210 Å². The number of primary amides is 1. The van der Waals surface area contributed by atoms with E-state index >= 15 is 0 Å². The minimum Gasteiger partial charge on any atom is -0.481 e. The lowest BCUT2D eigenvalue weighted by Crippen LogP contribution is -2.61. The summed E-state index contributed by atoms with van der Waals surface area (Å²) >= 11 is 0. The SMILES string of the molecule is CC[C@H](C)[C@H](NC(=O)[C@H](CCC(=O)O)NC(=O)[C@H](CCC(=O)O)NC(=O)[C@H](Cc1ccccc1)NC(=O)[C@H](CC(=O)O)NC(=O)CNC(C)=O)C(=O)N1CCC[C@H]1C(=O)N[C@@H](CCC(=O)O)C(=O)N[C@@H](CCC(=O)O)C(=O)N[C@@H](Cc1ccc(OS(=O)(=O)O)cc1)C(=O)N[C@@H](CC(C)C)C(=O)N[C@@H](CCC(N)=O)C(=O)O. The van der Waals surface area contributed by atoms with Gasteiger partial charge >= 0.3 is 46.2 Å². The standard InChI is InChI=1S/C68H95N13O29S/c1-6-35(4)57(80-61(98)43(22-27-55(91)92)73-58(95)40(19-24-52(85)86)74-63(100)46(30-37-11-8-7-9-12-37)79-65(102)48(32-56(93)94)71-51(84)33-70-36(5)82)67(104)81-28-10-13-49(81)66(103)75-42(21-26-54(89)90)59(96)72-41(20-25-53(87)88)60(97)78-47(31-38-14-16-39(17-15-38)110-111(107,108)109)64(101)77-45(29-34(2)3)62(99)76-44(68(105)106)18-23-50(69)83/h7-9,11-12,14-17,34-35,40-49,57H,6,10,13,18-33H2,1-5H3,(H2,69,83)(H,70,82)(H,71,84)(H,72,96)(H,73,95)(H,74,100)(H,75,103)(H,76,99)(H,77,101)(H,78,97)(H,79,102)(H,80,98)(H,85,86)(H,87,88)(H,89,90)(H,91,92)(H,93,94)(H,105,106)(H,107,108,109)/t35-,40-,41-,42-,43-,44-,45-,46-,47-,48-,49-,57-/m0/s1. The molecule has 12 atom stereocenters. The van der Waals surface area contributed by atoms with Crippen molar-refractivity contribution in [2.75, 3.05) is 13.1 Å². The van der Waals surface area contributed by atoms with E-state index in [1.807, 2.05) is 0 Å². The normalized spacial score (nSPS) is 15.5. The summed E-state index contributed by atoms with van der Waals surface area (Å²) in [5, 5.41) is 83.9. The molecule has 0 aliphatic carbocycles. The van der Waals surface area contributed by atoms with Crippen LogP contribution in [-0.2, 0) is 114 Å². The van der Waals surface area contributed by atoms with E-state index in [2.05, 4.69) is 62.7 Å². The highest BCUT2D eigenvalue weighted by Gasteiger charge is 2.43. The van der Waals surface area contributed by atoms with E-state index in [0.29, 0.717) is 5.56 Å². The third-order valence-corrected chi connectivity index (χ3v) is 17.4. The molecule has 1 heterocycles. The maximum Gasteiger partial charge on any atom is 0.446 e. The number of rotatable bonds is 50. The molecule has 13 amide bonds. The van der Waals surface area contributed by atoms with Crippen molar-refractivity contribution in [3.8, 4) is 5.75 Å². The topological polar surface area (TPSA) is 671 Å². The first kappa shape index (κ1) is 93.3. The first-order valence-corrected chi connectivity index (χ1v) is 36.3. The molecule has 1 fully saturated rings. The zero-order chi connectivity index (χ0) is 83.6. The van der Waals surface area contributed by atoms with E-state index in [-0.39, 0.29) is 44.2 Å². The molecule has 43 heteroatoms. The zero-order valence-electron chi connectivity index (χ0n) is 61.2. The summed E-state index contributed by atoms with van der Waals surface area (Å²) in [4.78, 5) is 252. The molecule has 0 aromatic heterocycles. The van der Waals surface area contributed by atoms with Crippen LogP contribution < -0.4 is 68.4 Å². The number of nitrogens with zero attached hydrogens (tertiary/aromatic N) is 1. The van der Waals surface area contributed by atoms with Crippen molar-refractivity contribution in [3.05, 3.63) is 65.7 Å². The number of nitrogens with two attached hydrogens (primary N) is 1. The molecule has 42 nitrogen and oxygen atoms in total. The molecule has 612 valence electrons. The quantitative estimate of drug-likeness (QED) is 0.0281. The summed E-state index contributed by atoms with van der Waals surface area (Å²) in [7, 11) is -5.04. The van der Waals surface area contributed by atoms with Crippen LogP contribution in [0.15, 0.2) is 54.6 Å². The van der Waals surface area contributed by atoms with Gasteiger partial charge in [-0.3, -0.25) is 90.9 Å². The molecule has 111 heavy (non-hydrogen) atoms. The van der Waals surface area contributed by atoms with Crippen LogP contribution in [0.1, 0.15) is 142 Å². The molecule has 2 aromatic rings. The Kier molecular flexibility index (Phi) is 38.5. The van der Waals surface area contributed by atoms with Gasteiger partial charge in [0.05, 0.1) is 13.0 Å². The summed E-state index contributed by atoms with van der Waals surface area (Å²) in [6.07, 6.45) is -9.47. The molecular formula is C68H95N13O29S. The Labute approximate surface area is 635 Å². The van der Waals surface area contributed by atoms with E-state index in [4.69, 9.17) is 5.73 Å². The number of nitrogens with one attached hydrogen (secondary N) is 11. The Bertz CT molecular complexity index is 3830. The Morgan fingerprint density at radius 2 is 0.892 bits per heavy atom. The molecule has 1 aliphatic rings. The van der Waals surface area contributed by atoms with Crippen LogP contribution in [0, 0.1) is 11.8 Å². The number of aliphatic carboxylic acids is 6. The van der Waals surface area contributed by atoms with Crippen molar-refractivity contribution in [3.63, 3.8) is 0 Å². The van der Waals surface area contributed by atoms with Crippen LogP contribution >= 0.6 is 0 Å². The average Bonchev–Trinajstić information content (AvgIpc) is 1.73. The van der Waals surface area contributed by atoms with Gasteiger partial charge in [-0.1, -0.05) is 76.6 Å². The summed E-state index contributed by atoms with van der Waals surface area (Å²) in [6, 6.07) is -7.42. The number of hydrogen-bond acceptors (Lipinski definition) is 22. The number of carboxylic acids is 6. The van der Waals surface area contributed by atoms with Crippen molar-refractivity contribution >= 4 is 123 Å². The lowest BCUT2D eigenvalue weighted by Gasteiger charge is -2.33. The summed E-state index contributed by atoms with van der Waals surface area (Å²) < 4.78 is 36.5. The molecule has 0 saturated carbocycles. The highest BCUT2D eigenvalue weighted by atomic mass is 32.3. The van der Waals surface area contributed by atoms with Crippen LogP contribution in [0.5, 0.6) is 5.75 Å². The van der Waals surface area contributed by atoms with E-state index in [1.54, 1.807) is 39.0 Å². The van der Waals surface area contributed by atoms with Crippen LogP contribution in [0.4, 0.5) is 0 Å². The third kappa shape index (κ3) is 34.9. The molecule has 0 unspecified atom stereocenters. The molecular weight excluding hydrogens is 1490 g/mol. The number of hydrogen-bond donors (Lipinski definition) is 19. The van der Waals surface area contributed by atoms with Crippen LogP contribution in [0.2, 0.25) is 0 Å². The largest absolute Gasteiger partial charge is 0.481 e. The Morgan fingerprint density at radius 3 is 1.31 bits per heavy atom. The van der Waals surface area contributed by atoms with Crippen molar-refractivity contribution in [1.82, 2.24) is 63.4 Å². The van der Waals surface area contributed by atoms with Gasteiger partial charge in [-0.25, -0.2) is 4.79 Å². The molecule has 0 bridgehead atoms. The second kappa shape index (κ2) is 45.8. The second-order valence-corrected chi connectivity index (χ2v) is 27.5. The second-order valence-electron chi connectivity index (χ2n) is 26.4. The highest BCUT2D eigenvalue weighted by molar-refractivity contribution is 7.81. The fourth-order valence-corrected chi connectivity index (χ4v) is 11.5. The number of carboxylic acid groups (broad SMARTS) is 6. The highest BCUT2D eigenvalue weighted by Crippen LogP contribution is 2.24. The minimum absolute atomic E-state index is 0.0738. The Morgan fingerprint density at radius 1 is 0.495 bits per heavy atom. The fourth-order valence-electron chi connectivity index (χ4n) is 11.1. The smallest absolute Gasteiger partial charge is 0.446 e. The van der Waals surface area contributed by atoms with Crippen molar-refractivity contribution in [1.29, 1.82) is 0 Å². The van der Waals surface area contributed by atoms with Gasteiger partial charge in [0.15, 0.2) is 0 Å². The number of amides is 13.